The lowest BCUT2D eigenvalue weighted by Gasteiger charge is -2.07. The first-order valence-corrected chi connectivity index (χ1v) is 5.57. The summed E-state index contributed by atoms with van der Waals surface area (Å²) in [5, 5.41) is 0.713. The van der Waals surface area contributed by atoms with E-state index in [0.29, 0.717) is 16.5 Å². The molecule has 0 unspecified atom stereocenters. The van der Waals surface area contributed by atoms with Crippen LogP contribution in [-0.4, -0.2) is 20.6 Å². The number of rotatable bonds is 2. The van der Waals surface area contributed by atoms with Gasteiger partial charge in [0.1, 0.15) is 12.1 Å². The summed E-state index contributed by atoms with van der Waals surface area (Å²) in [6, 6.07) is 6.08. The SMILES string of the molecule is O=C(Nn1ccc2cc(F)ccc21)c1cncnc1. The van der Waals surface area contributed by atoms with E-state index in [0.717, 1.165) is 0 Å². The normalized spacial score (nSPS) is 10.6. The zero-order chi connectivity index (χ0) is 13.2. The predicted octanol–water partition coefficient (Wildman–Crippen LogP) is 1.95. The third-order valence-electron chi connectivity index (χ3n) is 2.70. The summed E-state index contributed by atoms with van der Waals surface area (Å²) in [6.45, 7) is 0. The van der Waals surface area contributed by atoms with Crippen molar-refractivity contribution in [3.05, 3.63) is 60.6 Å². The molecule has 0 spiro atoms. The van der Waals surface area contributed by atoms with E-state index in [2.05, 4.69) is 15.4 Å². The smallest absolute Gasteiger partial charge is 0.267 e. The molecule has 0 saturated heterocycles. The molecule has 0 atom stereocenters. The number of hydrogen-bond donors (Lipinski definition) is 1. The number of carbonyl (C=O) groups excluding carboxylic acids is 1. The van der Waals surface area contributed by atoms with Crippen LogP contribution < -0.4 is 5.43 Å². The van der Waals surface area contributed by atoms with Gasteiger partial charge in [-0.05, 0) is 24.3 Å². The molecule has 1 amide bonds. The van der Waals surface area contributed by atoms with Crippen LogP contribution in [-0.2, 0) is 0 Å². The van der Waals surface area contributed by atoms with Crippen LogP contribution in [0.15, 0.2) is 49.2 Å². The van der Waals surface area contributed by atoms with E-state index in [4.69, 9.17) is 0 Å². The molecule has 19 heavy (non-hydrogen) atoms. The average Bonchev–Trinajstić information content (AvgIpc) is 2.82. The molecule has 6 heteroatoms. The summed E-state index contributed by atoms with van der Waals surface area (Å²) in [7, 11) is 0. The van der Waals surface area contributed by atoms with Crippen molar-refractivity contribution >= 4 is 16.8 Å². The molecular formula is C13H9FN4O. The van der Waals surface area contributed by atoms with Gasteiger partial charge in [0.25, 0.3) is 5.91 Å². The molecular weight excluding hydrogens is 247 g/mol. The molecule has 0 aliphatic heterocycles. The fourth-order valence-corrected chi connectivity index (χ4v) is 1.80. The van der Waals surface area contributed by atoms with Crippen LogP contribution in [0.1, 0.15) is 10.4 Å². The number of nitrogens with one attached hydrogen (secondary N) is 1. The first kappa shape index (κ1) is 11.3. The Morgan fingerprint density at radius 3 is 2.79 bits per heavy atom. The lowest BCUT2D eigenvalue weighted by atomic mass is 10.2. The first-order valence-electron chi connectivity index (χ1n) is 5.57. The Hall–Kier alpha value is -2.76. The third-order valence-corrected chi connectivity index (χ3v) is 2.70. The summed E-state index contributed by atoms with van der Waals surface area (Å²) >= 11 is 0. The molecule has 2 aromatic heterocycles. The van der Waals surface area contributed by atoms with Gasteiger partial charge in [-0.25, -0.2) is 14.4 Å². The fraction of sp³-hybridized carbons (Fsp3) is 0. The second-order valence-corrected chi connectivity index (χ2v) is 3.96. The predicted molar refractivity (Wildman–Crippen MR) is 67.6 cm³/mol. The van der Waals surface area contributed by atoms with Crippen molar-refractivity contribution < 1.29 is 9.18 Å². The number of benzene rings is 1. The van der Waals surface area contributed by atoms with Gasteiger partial charge >= 0.3 is 0 Å². The van der Waals surface area contributed by atoms with Crippen LogP contribution in [0.2, 0.25) is 0 Å². The number of carbonyl (C=O) groups is 1. The van der Waals surface area contributed by atoms with E-state index in [9.17, 15) is 9.18 Å². The van der Waals surface area contributed by atoms with Gasteiger partial charge in [-0.3, -0.25) is 14.9 Å². The van der Waals surface area contributed by atoms with E-state index in [1.165, 1.54) is 35.5 Å². The molecule has 1 aromatic carbocycles. The zero-order valence-electron chi connectivity index (χ0n) is 9.75. The molecule has 5 nitrogen and oxygen atoms in total. The quantitative estimate of drug-likeness (QED) is 0.762. The Labute approximate surface area is 107 Å². The molecule has 3 aromatic rings. The highest BCUT2D eigenvalue weighted by Crippen LogP contribution is 2.16. The average molecular weight is 256 g/mol. The maximum absolute atomic E-state index is 13.1. The molecule has 0 radical (unpaired) electrons. The maximum atomic E-state index is 13.1. The number of amides is 1. The molecule has 94 valence electrons. The number of nitrogens with zero attached hydrogens (tertiary/aromatic N) is 3. The van der Waals surface area contributed by atoms with Crippen LogP contribution in [0.25, 0.3) is 10.9 Å². The third kappa shape index (κ3) is 2.15. The van der Waals surface area contributed by atoms with Crippen molar-refractivity contribution in [1.29, 1.82) is 0 Å². The van der Waals surface area contributed by atoms with Crippen LogP contribution in [0.5, 0.6) is 0 Å². The van der Waals surface area contributed by atoms with Crippen LogP contribution >= 0.6 is 0 Å². The lowest BCUT2D eigenvalue weighted by molar-refractivity contribution is 0.101. The van der Waals surface area contributed by atoms with Crippen LogP contribution in [0.4, 0.5) is 4.39 Å². The summed E-state index contributed by atoms with van der Waals surface area (Å²) in [4.78, 5) is 19.5. The van der Waals surface area contributed by atoms with Gasteiger partial charge in [-0.1, -0.05) is 0 Å². The Morgan fingerprint density at radius 2 is 2.00 bits per heavy atom. The summed E-state index contributed by atoms with van der Waals surface area (Å²) < 4.78 is 14.6. The molecule has 2 heterocycles. The molecule has 0 fully saturated rings. The number of fused-ring (bicyclic) bond motifs is 1. The molecule has 3 rings (SSSR count). The Bertz CT molecular complexity index is 739. The lowest BCUT2D eigenvalue weighted by Crippen LogP contribution is -2.22. The highest BCUT2D eigenvalue weighted by molar-refractivity contribution is 6.00. The van der Waals surface area contributed by atoms with E-state index < -0.39 is 0 Å². The van der Waals surface area contributed by atoms with Crippen molar-refractivity contribution in [2.24, 2.45) is 0 Å². The first-order chi connectivity index (χ1) is 9.24. The Kier molecular flexibility index (Phi) is 2.68. The second kappa shape index (κ2) is 4.49. The minimum absolute atomic E-state index is 0.312. The number of aromatic nitrogens is 3. The molecule has 0 aliphatic carbocycles. The van der Waals surface area contributed by atoms with E-state index >= 15 is 0 Å². The minimum Gasteiger partial charge on any atom is -0.267 e. The van der Waals surface area contributed by atoms with Crippen molar-refractivity contribution in [2.75, 3.05) is 5.43 Å². The Morgan fingerprint density at radius 1 is 1.21 bits per heavy atom. The maximum Gasteiger partial charge on any atom is 0.273 e. The Balaban J connectivity index is 1.92. The van der Waals surface area contributed by atoms with E-state index in [1.807, 2.05) is 0 Å². The monoisotopic (exact) mass is 256 g/mol. The second-order valence-electron chi connectivity index (χ2n) is 3.96. The summed E-state index contributed by atoms with van der Waals surface area (Å²) in [6.07, 6.45) is 5.86. The van der Waals surface area contributed by atoms with Gasteiger partial charge < -0.3 is 0 Å². The molecule has 0 saturated carbocycles. The topological polar surface area (TPSA) is 59.8 Å². The van der Waals surface area contributed by atoms with Crippen LogP contribution in [0, 0.1) is 5.82 Å². The standard InChI is InChI=1S/C13H9FN4O/c14-11-1-2-12-9(5-11)3-4-18(12)17-13(19)10-6-15-8-16-7-10/h1-8H,(H,17,19). The van der Waals surface area contributed by atoms with E-state index in [1.54, 1.807) is 18.3 Å². The number of hydrogen-bond acceptors (Lipinski definition) is 3. The van der Waals surface area contributed by atoms with Crippen molar-refractivity contribution in [3.8, 4) is 0 Å². The summed E-state index contributed by atoms with van der Waals surface area (Å²) in [5.74, 6) is -0.643. The van der Waals surface area contributed by atoms with Gasteiger partial charge in [-0.15, -0.1) is 0 Å². The summed E-state index contributed by atoms with van der Waals surface area (Å²) in [5.41, 5.74) is 3.74. The van der Waals surface area contributed by atoms with Crippen molar-refractivity contribution in [3.63, 3.8) is 0 Å². The molecule has 1 N–H and O–H groups in total. The van der Waals surface area contributed by atoms with Gasteiger partial charge in [0, 0.05) is 24.0 Å². The molecule has 0 aliphatic rings. The van der Waals surface area contributed by atoms with Gasteiger partial charge in [0.15, 0.2) is 0 Å². The fourth-order valence-electron chi connectivity index (χ4n) is 1.80. The van der Waals surface area contributed by atoms with Gasteiger partial charge in [0.2, 0.25) is 0 Å². The zero-order valence-corrected chi connectivity index (χ0v) is 9.75. The minimum atomic E-state index is -0.331. The van der Waals surface area contributed by atoms with Crippen molar-refractivity contribution in [1.82, 2.24) is 14.6 Å². The largest absolute Gasteiger partial charge is 0.273 e. The van der Waals surface area contributed by atoms with E-state index in [-0.39, 0.29) is 11.7 Å². The van der Waals surface area contributed by atoms with Gasteiger partial charge in [-0.2, -0.15) is 0 Å². The van der Waals surface area contributed by atoms with Gasteiger partial charge in [0.05, 0.1) is 11.1 Å². The van der Waals surface area contributed by atoms with Crippen LogP contribution in [0.3, 0.4) is 0 Å². The molecule has 0 bridgehead atoms. The highest BCUT2D eigenvalue weighted by Gasteiger charge is 2.08. The van der Waals surface area contributed by atoms with Crippen molar-refractivity contribution in [2.45, 2.75) is 0 Å². The number of halogens is 1. The highest BCUT2D eigenvalue weighted by atomic mass is 19.1.